The lowest BCUT2D eigenvalue weighted by molar-refractivity contribution is -0.118. The highest BCUT2D eigenvalue weighted by atomic mass is 32.2. The van der Waals surface area contributed by atoms with Crippen LogP contribution in [0.5, 0.6) is 0 Å². The van der Waals surface area contributed by atoms with E-state index < -0.39 is 0 Å². The number of allylic oxidation sites excluding steroid dienone is 1. The molecule has 1 amide bonds. The van der Waals surface area contributed by atoms with Crippen LogP contribution >= 0.6 is 34.9 Å². The maximum atomic E-state index is 12.1. The third kappa shape index (κ3) is 7.02. The molecule has 1 heterocycles. The van der Waals surface area contributed by atoms with Gasteiger partial charge in [0, 0.05) is 5.75 Å². The molecule has 5 nitrogen and oxygen atoms in total. The molecule has 33 heavy (non-hydrogen) atoms. The largest absolute Gasteiger partial charge is 0.272 e. The smallest absolute Gasteiger partial charge is 0.250 e. The van der Waals surface area contributed by atoms with Crippen LogP contribution in [-0.2, 0) is 10.5 Å². The summed E-state index contributed by atoms with van der Waals surface area (Å²) in [6, 6.07) is 24.7. The molecule has 4 aromatic rings. The topological polar surface area (TPSA) is 67.2 Å². The second kappa shape index (κ2) is 11.8. The van der Waals surface area contributed by atoms with Gasteiger partial charge in [-0.3, -0.25) is 4.79 Å². The van der Waals surface area contributed by atoms with Gasteiger partial charge in [0.1, 0.15) is 0 Å². The summed E-state index contributed by atoms with van der Waals surface area (Å²) in [5.74, 6) is 0.886. The minimum atomic E-state index is -0.177. The minimum absolute atomic E-state index is 0.177. The van der Waals surface area contributed by atoms with Crippen LogP contribution in [0.2, 0.25) is 0 Å². The molecule has 0 atom stereocenters. The molecular formula is C25H22N4OS3. The van der Waals surface area contributed by atoms with Crippen molar-refractivity contribution in [1.82, 2.24) is 15.6 Å². The van der Waals surface area contributed by atoms with Gasteiger partial charge in [-0.1, -0.05) is 114 Å². The molecule has 0 unspecified atom stereocenters. The second-order valence-corrected chi connectivity index (χ2v) is 10.6. The molecule has 166 valence electrons. The fourth-order valence-electron chi connectivity index (χ4n) is 3.09. The predicted octanol–water partition coefficient (Wildman–Crippen LogP) is 6.28. The predicted molar refractivity (Wildman–Crippen MR) is 141 cm³/mol. The Balaban J connectivity index is 1.23. The Morgan fingerprint density at radius 3 is 2.55 bits per heavy atom. The fraction of sp³-hybridized carbons (Fsp3) is 0.120. The number of carbonyl (C=O) groups excluding carboxylic acids is 1. The van der Waals surface area contributed by atoms with Gasteiger partial charge >= 0.3 is 0 Å². The van der Waals surface area contributed by atoms with Gasteiger partial charge in [-0.2, -0.15) is 5.10 Å². The van der Waals surface area contributed by atoms with E-state index >= 15 is 0 Å². The van der Waals surface area contributed by atoms with Gasteiger partial charge in [-0.05, 0) is 34.4 Å². The molecule has 1 aromatic heterocycles. The Morgan fingerprint density at radius 1 is 0.970 bits per heavy atom. The van der Waals surface area contributed by atoms with Crippen LogP contribution in [-0.4, -0.2) is 28.1 Å². The number of hydrogen-bond acceptors (Lipinski definition) is 7. The average Bonchev–Trinajstić information content (AvgIpc) is 3.30. The van der Waals surface area contributed by atoms with Gasteiger partial charge in [0.25, 0.3) is 5.91 Å². The van der Waals surface area contributed by atoms with E-state index in [-0.39, 0.29) is 11.7 Å². The number of amides is 1. The van der Waals surface area contributed by atoms with Crippen LogP contribution in [0.15, 0.2) is 92.2 Å². The standard InChI is InChI=1S/C25H22N4OS3/c1-18(14-19-8-3-2-4-9-19)15-26-27-23(30)17-32-25-29-28-24(33-25)31-16-21-12-7-11-20-10-5-6-13-22(20)21/h2-15H,16-17H2,1H3,(H,27,30)/b18-14-,26-15+. The Bertz CT molecular complexity index is 1280. The van der Waals surface area contributed by atoms with Crippen LogP contribution in [0.3, 0.4) is 0 Å². The Morgan fingerprint density at radius 2 is 1.70 bits per heavy atom. The molecule has 1 N–H and O–H groups in total. The normalized spacial score (nSPS) is 11.8. The highest BCUT2D eigenvalue weighted by Crippen LogP contribution is 2.32. The van der Waals surface area contributed by atoms with Gasteiger partial charge in [0.15, 0.2) is 8.68 Å². The van der Waals surface area contributed by atoms with Gasteiger partial charge < -0.3 is 0 Å². The lowest BCUT2D eigenvalue weighted by Gasteiger charge is -2.04. The van der Waals surface area contributed by atoms with Crippen LogP contribution in [0, 0.1) is 0 Å². The fourth-order valence-corrected chi connectivity index (χ4v) is 5.90. The third-order valence-corrected chi connectivity index (χ3v) is 7.84. The van der Waals surface area contributed by atoms with Crippen LogP contribution < -0.4 is 5.43 Å². The van der Waals surface area contributed by atoms with E-state index in [2.05, 4.69) is 63.2 Å². The Kier molecular flexibility index (Phi) is 8.30. The molecule has 0 bridgehead atoms. The van der Waals surface area contributed by atoms with Crippen molar-refractivity contribution in [2.24, 2.45) is 5.10 Å². The van der Waals surface area contributed by atoms with Crippen molar-refractivity contribution in [3.05, 3.63) is 89.5 Å². The summed E-state index contributed by atoms with van der Waals surface area (Å²) in [6.45, 7) is 1.94. The molecule has 8 heteroatoms. The number of hydrogen-bond donors (Lipinski definition) is 1. The number of hydrazone groups is 1. The minimum Gasteiger partial charge on any atom is -0.272 e. The number of nitrogens with zero attached hydrogens (tertiary/aromatic N) is 3. The number of aromatic nitrogens is 2. The molecule has 0 aliphatic carbocycles. The number of carbonyl (C=O) groups is 1. The number of nitrogens with one attached hydrogen (secondary N) is 1. The summed E-state index contributed by atoms with van der Waals surface area (Å²) in [4.78, 5) is 12.1. The summed E-state index contributed by atoms with van der Waals surface area (Å²) < 4.78 is 1.67. The van der Waals surface area contributed by atoms with E-state index in [1.165, 1.54) is 39.4 Å². The molecule has 0 saturated carbocycles. The first-order valence-corrected chi connectivity index (χ1v) is 13.1. The maximum absolute atomic E-state index is 12.1. The highest BCUT2D eigenvalue weighted by molar-refractivity contribution is 8.03. The van der Waals surface area contributed by atoms with Gasteiger partial charge in [0.05, 0.1) is 12.0 Å². The zero-order valence-corrected chi connectivity index (χ0v) is 20.4. The summed E-state index contributed by atoms with van der Waals surface area (Å²) in [5, 5.41) is 15.0. The summed E-state index contributed by atoms with van der Waals surface area (Å²) >= 11 is 4.53. The van der Waals surface area contributed by atoms with E-state index in [4.69, 9.17) is 0 Å². The van der Waals surface area contributed by atoms with E-state index in [9.17, 15) is 4.79 Å². The van der Waals surface area contributed by atoms with Crippen molar-refractivity contribution in [2.45, 2.75) is 21.4 Å². The number of thioether (sulfide) groups is 2. The first-order chi connectivity index (χ1) is 16.2. The van der Waals surface area contributed by atoms with Gasteiger partial charge in [0.2, 0.25) is 0 Å². The monoisotopic (exact) mass is 490 g/mol. The molecule has 0 spiro atoms. The second-order valence-electron chi connectivity index (χ2n) is 7.14. The van der Waals surface area contributed by atoms with Crippen molar-refractivity contribution in [3.63, 3.8) is 0 Å². The van der Waals surface area contributed by atoms with E-state index in [1.807, 2.05) is 43.3 Å². The molecule has 0 aliphatic rings. The van der Waals surface area contributed by atoms with Crippen LogP contribution in [0.1, 0.15) is 18.1 Å². The van der Waals surface area contributed by atoms with Gasteiger partial charge in [-0.25, -0.2) is 5.43 Å². The quantitative estimate of drug-likeness (QED) is 0.170. The third-order valence-electron chi connectivity index (χ3n) is 4.60. The SMILES string of the molecule is CC(=C/c1ccccc1)/C=N/NC(=O)CSc1nnc(SCc2cccc3ccccc23)s1. The van der Waals surface area contributed by atoms with Crippen molar-refractivity contribution in [2.75, 3.05) is 5.75 Å². The van der Waals surface area contributed by atoms with E-state index in [0.717, 1.165) is 25.6 Å². The molecule has 0 saturated heterocycles. The Labute approximate surface area is 205 Å². The van der Waals surface area contributed by atoms with E-state index in [1.54, 1.807) is 18.0 Å². The lowest BCUT2D eigenvalue weighted by Crippen LogP contribution is -2.19. The van der Waals surface area contributed by atoms with Crippen LogP contribution in [0.25, 0.3) is 16.8 Å². The van der Waals surface area contributed by atoms with Crippen molar-refractivity contribution in [1.29, 1.82) is 0 Å². The maximum Gasteiger partial charge on any atom is 0.250 e. The molecule has 4 rings (SSSR count). The molecule has 0 aliphatic heterocycles. The zero-order valence-electron chi connectivity index (χ0n) is 18.0. The zero-order chi connectivity index (χ0) is 22.9. The molecule has 3 aromatic carbocycles. The Hall–Kier alpha value is -2.94. The lowest BCUT2D eigenvalue weighted by atomic mass is 10.1. The number of benzene rings is 3. The van der Waals surface area contributed by atoms with Crippen molar-refractivity contribution >= 4 is 63.8 Å². The van der Waals surface area contributed by atoms with Gasteiger partial charge in [-0.15, -0.1) is 10.2 Å². The van der Waals surface area contributed by atoms with Crippen molar-refractivity contribution in [3.8, 4) is 0 Å². The average molecular weight is 491 g/mol. The summed E-state index contributed by atoms with van der Waals surface area (Å²) in [6.07, 6.45) is 3.64. The number of rotatable bonds is 9. The molecule has 0 radical (unpaired) electrons. The van der Waals surface area contributed by atoms with Crippen LogP contribution in [0.4, 0.5) is 0 Å². The molecular weight excluding hydrogens is 469 g/mol. The summed E-state index contributed by atoms with van der Waals surface area (Å²) in [7, 11) is 0. The summed E-state index contributed by atoms with van der Waals surface area (Å²) in [5.41, 5.74) is 5.88. The number of fused-ring (bicyclic) bond motifs is 1. The van der Waals surface area contributed by atoms with Crippen molar-refractivity contribution < 1.29 is 4.79 Å². The first kappa shape index (κ1) is 23.2. The molecule has 0 fully saturated rings. The highest BCUT2D eigenvalue weighted by Gasteiger charge is 2.09. The van der Waals surface area contributed by atoms with E-state index in [0.29, 0.717) is 0 Å². The first-order valence-electron chi connectivity index (χ1n) is 10.3.